The first-order valence-electron chi connectivity index (χ1n) is 11.3. The van der Waals surface area contributed by atoms with Crippen LogP contribution in [0.2, 0.25) is 0 Å². The van der Waals surface area contributed by atoms with Crippen molar-refractivity contribution < 1.29 is 19.1 Å². The van der Waals surface area contributed by atoms with Gasteiger partial charge in [0.2, 0.25) is 5.95 Å². The Morgan fingerprint density at radius 3 is 2.72 bits per heavy atom. The van der Waals surface area contributed by atoms with Gasteiger partial charge < -0.3 is 19.0 Å². The average molecular weight is 502 g/mol. The summed E-state index contributed by atoms with van der Waals surface area (Å²) in [4.78, 5) is 37.3. The summed E-state index contributed by atoms with van der Waals surface area (Å²) in [5, 5.41) is 12.3. The molecule has 2 N–H and O–H groups in total. The fraction of sp³-hybridized carbons (Fsp3) is 0.154. The lowest BCUT2D eigenvalue weighted by Gasteiger charge is -2.17. The van der Waals surface area contributed by atoms with Crippen LogP contribution in [-0.4, -0.2) is 45.1 Å². The number of aliphatic hydroxyl groups excluding tert-OH is 1. The number of imidazole rings is 1. The van der Waals surface area contributed by atoms with Crippen LogP contribution >= 0.6 is 11.3 Å². The van der Waals surface area contributed by atoms with E-state index in [9.17, 15) is 14.7 Å². The van der Waals surface area contributed by atoms with Crippen molar-refractivity contribution in [3.63, 3.8) is 0 Å². The Bertz CT molecular complexity index is 1510. The summed E-state index contributed by atoms with van der Waals surface area (Å²) >= 11 is 1.29. The van der Waals surface area contributed by atoms with Crippen molar-refractivity contribution in [3.05, 3.63) is 83.7 Å². The molecule has 2 aromatic carbocycles. The molecule has 36 heavy (non-hydrogen) atoms. The maximum Gasteiger partial charge on any atom is 0.268 e. The van der Waals surface area contributed by atoms with E-state index in [4.69, 9.17) is 4.42 Å². The Balaban J connectivity index is 1.43. The molecule has 5 rings (SSSR count). The molecular formula is C26H23N5O4S. The number of amides is 2. The van der Waals surface area contributed by atoms with E-state index in [1.54, 1.807) is 42.4 Å². The van der Waals surface area contributed by atoms with E-state index in [2.05, 4.69) is 15.3 Å². The van der Waals surface area contributed by atoms with Crippen molar-refractivity contribution in [1.29, 1.82) is 0 Å². The number of nitrogens with zero attached hydrogens (tertiary/aromatic N) is 4. The maximum atomic E-state index is 13.0. The van der Waals surface area contributed by atoms with Crippen molar-refractivity contribution in [2.45, 2.75) is 13.0 Å². The molecule has 0 radical (unpaired) electrons. The number of aliphatic hydroxyl groups is 1. The first-order valence-corrected chi connectivity index (χ1v) is 12.1. The highest BCUT2D eigenvalue weighted by atomic mass is 32.1. The van der Waals surface area contributed by atoms with E-state index in [-0.39, 0.29) is 18.4 Å². The van der Waals surface area contributed by atoms with Crippen molar-refractivity contribution in [2.75, 3.05) is 23.9 Å². The van der Waals surface area contributed by atoms with Crippen molar-refractivity contribution in [1.82, 2.24) is 14.5 Å². The number of aryl methyl sites for hydroxylation is 1. The third-order valence-corrected chi connectivity index (χ3v) is 6.81. The Morgan fingerprint density at radius 2 is 1.97 bits per heavy atom. The Labute approximate surface area is 210 Å². The maximum absolute atomic E-state index is 13.0. The van der Waals surface area contributed by atoms with Gasteiger partial charge in [0.05, 0.1) is 27.0 Å². The lowest BCUT2D eigenvalue weighted by atomic mass is 10.2. The third-order valence-electron chi connectivity index (χ3n) is 5.71. The van der Waals surface area contributed by atoms with Gasteiger partial charge in [0.1, 0.15) is 0 Å². The van der Waals surface area contributed by atoms with E-state index in [0.717, 1.165) is 10.4 Å². The zero-order valence-corrected chi connectivity index (χ0v) is 20.2. The molecule has 3 heterocycles. The highest BCUT2D eigenvalue weighted by molar-refractivity contribution is 7.17. The molecule has 0 unspecified atom stereocenters. The van der Waals surface area contributed by atoms with Gasteiger partial charge in [-0.1, -0.05) is 18.2 Å². The minimum absolute atomic E-state index is 0.00489. The Hall–Kier alpha value is -4.28. The lowest BCUT2D eigenvalue weighted by Crippen LogP contribution is -2.26. The van der Waals surface area contributed by atoms with Gasteiger partial charge in [-0.3, -0.25) is 14.9 Å². The number of aromatic nitrogens is 3. The quantitative estimate of drug-likeness (QED) is 0.320. The fourth-order valence-electron chi connectivity index (χ4n) is 3.86. The van der Waals surface area contributed by atoms with Gasteiger partial charge in [-0.2, -0.15) is 0 Å². The summed E-state index contributed by atoms with van der Waals surface area (Å²) in [6.07, 6.45) is 3.44. The summed E-state index contributed by atoms with van der Waals surface area (Å²) in [6.45, 7) is 0.472. The molecule has 3 aromatic heterocycles. The van der Waals surface area contributed by atoms with E-state index in [0.29, 0.717) is 46.3 Å². The molecule has 0 atom stereocenters. The normalized spacial score (nSPS) is 11.1. The molecule has 0 bridgehead atoms. The number of thiophene rings is 1. The number of carbonyl (C=O) groups excluding carboxylic acids is 2. The highest BCUT2D eigenvalue weighted by Gasteiger charge is 2.19. The second kappa shape index (κ2) is 10.1. The van der Waals surface area contributed by atoms with Gasteiger partial charge in [0.15, 0.2) is 12.2 Å². The Morgan fingerprint density at radius 1 is 1.14 bits per heavy atom. The molecule has 0 saturated carbocycles. The molecule has 0 saturated heterocycles. The van der Waals surface area contributed by atoms with Gasteiger partial charge in [-0.05, 0) is 48.9 Å². The fourth-order valence-corrected chi connectivity index (χ4v) is 4.72. The van der Waals surface area contributed by atoms with E-state index in [1.165, 1.54) is 17.7 Å². The number of rotatable bonds is 8. The van der Waals surface area contributed by atoms with Gasteiger partial charge in [0, 0.05) is 31.5 Å². The van der Waals surface area contributed by atoms with E-state index >= 15 is 0 Å². The monoisotopic (exact) mass is 501 g/mol. The molecular weight excluding hydrogens is 478 g/mol. The van der Waals surface area contributed by atoms with Crippen LogP contribution in [0, 0.1) is 0 Å². The van der Waals surface area contributed by atoms with Crippen molar-refractivity contribution in [3.8, 4) is 10.6 Å². The van der Waals surface area contributed by atoms with E-state index in [1.807, 2.05) is 41.0 Å². The van der Waals surface area contributed by atoms with Crippen LogP contribution in [0.1, 0.15) is 26.5 Å². The largest absolute Gasteiger partial charge is 0.443 e. The zero-order valence-electron chi connectivity index (χ0n) is 19.4. The number of carbonyl (C=O) groups is 2. The third kappa shape index (κ3) is 4.64. The molecule has 5 aromatic rings. The molecule has 0 aliphatic rings. The van der Waals surface area contributed by atoms with Crippen LogP contribution in [0.5, 0.6) is 0 Å². The molecule has 182 valence electrons. The SMILES string of the molecule is CN(C(=O)c1ccccc1)c1ccc2c(c1)nc(NC(=O)c1ccc(-c3cnco3)s1)n2CCCO. The molecule has 0 aliphatic carbocycles. The number of hydrogen-bond acceptors (Lipinski definition) is 7. The molecule has 0 fully saturated rings. The van der Waals surface area contributed by atoms with Gasteiger partial charge in [-0.15, -0.1) is 11.3 Å². The highest BCUT2D eigenvalue weighted by Crippen LogP contribution is 2.30. The molecule has 10 heteroatoms. The predicted octanol–water partition coefficient (Wildman–Crippen LogP) is 4.66. The summed E-state index contributed by atoms with van der Waals surface area (Å²) in [5.74, 6) is 0.523. The first-order chi connectivity index (χ1) is 17.5. The van der Waals surface area contributed by atoms with Crippen LogP contribution in [0.4, 0.5) is 11.6 Å². The number of anilines is 2. The predicted molar refractivity (Wildman–Crippen MR) is 138 cm³/mol. The lowest BCUT2D eigenvalue weighted by molar-refractivity contribution is 0.0991. The van der Waals surface area contributed by atoms with Crippen LogP contribution < -0.4 is 10.2 Å². The summed E-state index contributed by atoms with van der Waals surface area (Å²) in [5.41, 5.74) is 2.68. The second-order valence-corrected chi connectivity index (χ2v) is 9.13. The summed E-state index contributed by atoms with van der Waals surface area (Å²) in [6, 6.07) is 18.1. The Kier molecular flexibility index (Phi) is 6.61. The van der Waals surface area contributed by atoms with Crippen LogP contribution in [-0.2, 0) is 6.54 Å². The van der Waals surface area contributed by atoms with Crippen molar-refractivity contribution in [2.24, 2.45) is 0 Å². The summed E-state index contributed by atoms with van der Waals surface area (Å²) < 4.78 is 7.17. The zero-order chi connectivity index (χ0) is 25.1. The smallest absolute Gasteiger partial charge is 0.268 e. The minimum Gasteiger partial charge on any atom is -0.443 e. The molecule has 2 amide bonds. The number of hydrogen-bond donors (Lipinski definition) is 2. The molecule has 0 spiro atoms. The first kappa shape index (κ1) is 23.5. The van der Waals surface area contributed by atoms with Gasteiger partial charge in [-0.25, -0.2) is 9.97 Å². The number of fused-ring (bicyclic) bond motifs is 1. The molecule has 9 nitrogen and oxygen atoms in total. The van der Waals surface area contributed by atoms with Crippen LogP contribution in [0.25, 0.3) is 21.7 Å². The van der Waals surface area contributed by atoms with E-state index < -0.39 is 0 Å². The summed E-state index contributed by atoms with van der Waals surface area (Å²) in [7, 11) is 1.71. The number of oxazole rings is 1. The van der Waals surface area contributed by atoms with Crippen LogP contribution in [0.15, 0.2) is 77.7 Å². The minimum atomic E-state index is -0.303. The standard InChI is InChI=1S/C26H23N5O4S/c1-30(25(34)17-6-3-2-4-7-17)18-8-9-20-19(14-18)28-26(31(20)12-5-13-32)29-24(33)23-11-10-22(36-23)21-15-27-16-35-21/h2-4,6-11,14-16,32H,5,12-13H2,1H3,(H,28,29,33). The number of benzene rings is 2. The van der Waals surface area contributed by atoms with Crippen LogP contribution in [0.3, 0.4) is 0 Å². The second-order valence-electron chi connectivity index (χ2n) is 8.05. The van der Waals surface area contributed by atoms with Crippen molar-refractivity contribution >= 4 is 45.8 Å². The van der Waals surface area contributed by atoms with Gasteiger partial charge >= 0.3 is 0 Å². The van der Waals surface area contributed by atoms with Gasteiger partial charge in [0.25, 0.3) is 11.8 Å². The number of nitrogens with one attached hydrogen (secondary N) is 1. The average Bonchev–Trinajstić information content (AvgIpc) is 3.67. The molecule has 0 aliphatic heterocycles. The topological polar surface area (TPSA) is 113 Å².